The van der Waals surface area contributed by atoms with Crippen LogP contribution in [0.1, 0.15) is 6.92 Å². The predicted octanol–water partition coefficient (Wildman–Crippen LogP) is 0.448. The van der Waals surface area contributed by atoms with Crippen LogP contribution in [0.2, 0.25) is 0 Å². The first kappa shape index (κ1) is 13.6. The molecule has 2 amide bonds. The van der Waals surface area contributed by atoms with E-state index in [4.69, 9.17) is 5.11 Å². The smallest absolute Gasteiger partial charge is 0.325 e. The van der Waals surface area contributed by atoms with Crippen molar-refractivity contribution in [1.82, 2.24) is 15.2 Å². The zero-order valence-corrected chi connectivity index (χ0v) is 11.4. The summed E-state index contributed by atoms with van der Waals surface area (Å²) in [6.07, 6.45) is 1.76. The highest BCUT2D eigenvalue weighted by Crippen LogP contribution is 2.18. The van der Waals surface area contributed by atoms with E-state index in [-0.39, 0.29) is 6.03 Å². The Bertz CT molecular complexity index is 443. The fourth-order valence-corrected chi connectivity index (χ4v) is 2.51. The summed E-state index contributed by atoms with van der Waals surface area (Å²) >= 11 is 1.57. The van der Waals surface area contributed by atoms with Crippen LogP contribution >= 0.6 is 11.3 Å². The summed E-state index contributed by atoms with van der Waals surface area (Å²) < 4.78 is 0. The Hall–Kier alpha value is -1.83. The van der Waals surface area contributed by atoms with Crippen LogP contribution in [0.4, 0.5) is 9.93 Å². The summed E-state index contributed by atoms with van der Waals surface area (Å²) in [5.74, 6) is -1.03. The van der Waals surface area contributed by atoms with Crippen LogP contribution in [0.5, 0.6) is 0 Å². The molecule has 2 N–H and O–H groups in total. The number of aliphatic carboxylic acids is 1. The third kappa shape index (κ3) is 3.34. The van der Waals surface area contributed by atoms with E-state index in [9.17, 15) is 9.59 Å². The first-order chi connectivity index (χ1) is 9.08. The van der Waals surface area contributed by atoms with Gasteiger partial charge in [-0.15, -0.1) is 11.3 Å². The molecule has 1 aromatic heterocycles. The van der Waals surface area contributed by atoms with Gasteiger partial charge in [0.1, 0.15) is 6.04 Å². The van der Waals surface area contributed by atoms with E-state index in [1.54, 1.807) is 22.4 Å². The molecule has 1 aromatic rings. The van der Waals surface area contributed by atoms with Crippen molar-refractivity contribution in [1.29, 1.82) is 0 Å². The average Bonchev–Trinajstić information content (AvgIpc) is 2.92. The van der Waals surface area contributed by atoms with Crippen LogP contribution in [-0.4, -0.2) is 59.2 Å². The monoisotopic (exact) mass is 284 g/mol. The summed E-state index contributed by atoms with van der Waals surface area (Å²) in [6.45, 7) is 4.01. The second kappa shape index (κ2) is 5.87. The van der Waals surface area contributed by atoms with Crippen molar-refractivity contribution in [3.63, 3.8) is 0 Å². The summed E-state index contributed by atoms with van der Waals surface area (Å²) in [7, 11) is 0. The Balaban J connectivity index is 1.83. The number of rotatable bonds is 3. The molecule has 1 atom stereocenters. The zero-order valence-electron chi connectivity index (χ0n) is 10.6. The van der Waals surface area contributed by atoms with Crippen LogP contribution in [0.3, 0.4) is 0 Å². The minimum Gasteiger partial charge on any atom is -0.480 e. The second-order valence-electron chi connectivity index (χ2n) is 4.30. The van der Waals surface area contributed by atoms with Gasteiger partial charge in [-0.2, -0.15) is 0 Å². The van der Waals surface area contributed by atoms with Gasteiger partial charge in [0.15, 0.2) is 5.13 Å². The lowest BCUT2D eigenvalue weighted by Gasteiger charge is -2.34. The zero-order chi connectivity index (χ0) is 13.8. The fourth-order valence-electron chi connectivity index (χ4n) is 1.81. The van der Waals surface area contributed by atoms with Gasteiger partial charge in [0.2, 0.25) is 0 Å². The molecule has 0 aromatic carbocycles. The quantitative estimate of drug-likeness (QED) is 0.841. The van der Waals surface area contributed by atoms with Crippen LogP contribution in [0.15, 0.2) is 11.6 Å². The van der Waals surface area contributed by atoms with Crippen molar-refractivity contribution in [3.05, 3.63) is 11.6 Å². The van der Waals surface area contributed by atoms with Gasteiger partial charge >= 0.3 is 12.0 Å². The predicted molar refractivity (Wildman–Crippen MR) is 71.5 cm³/mol. The molecule has 0 saturated carbocycles. The van der Waals surface area contributed by atoms with Gasteiger partial charge < -0.3 is 20.2 Å². The molecule has 1 aliphatic heterocycles. The molecule has 1 fully saturated rings. The Morgan fingerprint density at radius 3 is 2.63 bits per heavy atom. The van der Waals surface area contributed by atoms with E-state index in [1.165, 1.54) is 6.92 Å². The molecule has 0 radical (unpaired) electrons. The maximum Gasteiger partial charge on any atom is 0.325 e. The number of hydrogen-bond donors (Lipinski definition) is 2. The maximum absolute atomic E-state index is 11.8. The lowest BCUT2D eigenvalue weighted by Crippen LogP contribution is -2.54. The van der Waals surface area contributed by atoms with Crippen molar-refractivity contribution in [2.24, 2.45) is 0 Å². The Labute approximate surface area is 114 Å². The second-order valence-corrected chi connectivity index (χ2v) is 5.17. The van der Waals surface area contributed by atoms with Crippen molar-refractivity contribution < 1.29 is 14.7 Å². The molecule has 2 heterocycles. The van der Waals surface area contributed by atoms with Gasteiger partial charge in [-0.1, -0.05) is 0 Å². The van der Waals surface area contributed by atoms with Gasteiger partial charge in [0.25, 0.3) is 0 Å². The van der Waals surface area contributed by atoms with Gasteiger partial charge in [-0.25, -0.2) is 9.78 Å². The largest absolute Gasteiger partial charge is 0.480 e. The standard InChI is InChI=1S/C11H16N4O3S/c1-8(9(16)17)13-10(18)14-3-5-15(6-4-14)11-12-2-7-19-11/h2,7-8H,3-6H2,1H3,(H,13,18)(H,16,17)/t8-/m0/s1. The van der Waals surface area contributed by atoms with Crippen LogP contribution in [-0.2, 0) is 4.79 Å². The molecule has 104 valence electrons. The number of amides is 2. The lowest BCUT2D eigenvalue weighted by atomic mass is 10.3. The molecule has 0 bridgehead atoms. The number of urea groups is 1. The number of carboxylic acids is 1. The van der Waals surface area contributed by atoms with Crippen molar-refractivity contribution in [2.75, 3.05) is 31.1 Å². The molecule has 19 heavy (non-hydrogen) atoms. The van der Waals surface area contributed by atoms with E-state index in [0.29, 0.717) is 26.2 Å². The third-order valence-electron chi connectivity index (χ3n) is 2.97. The average molecular weight is 284 g/mol. The Morgan fingerprint density at radius 1 is 1.42 bits per heavy atom. The van der Waals surface area contributed by atoms with E-state index < -0.39 is 12.0 Å². The minimum absolute atomic E-state index is 0.325. The van der Waals surface area contributed by atoms with Crippen molar-refractivity contribution in [2.45, 2.75) is 13.0 Å². The van der Waals surface area contributed by atoms with Gasteiger partial charge in [-0.05, 0) is 6.92 Å². The number of nitrogens with one attached hydrogen (secondary N) is 1. The number of nitrogens with zero attached hydrogens (tertiary/aromatic N) is 3. The molecular weight excluding hydrogens is 268 g/mol. The van der Waals surface area contributed by atoms with Crippen LogP contribution in [0.25, 0.3) is 0 Å². The van der Waals surface area contributed by atoms with Gasteiger partial charge in [-0.3, -0.25) is 4.79 Å². The number of thiazole rings is 1. The Kier molecular flexibility index (Phi) is 4.20. The molecule has 0 unspecified atom stereocenters. The molecule has 0 spiro atoms. The fraction of sp³-hybridized carbons (Fsp3) is 0.545. The van der Waals surface area contributed by atoms with Gasteiger partial charge in [0, 0.05) is 37.8 Å². The Morgan fingerprint density at radius 2 is 2.11 bits per heavy atom. The summed E-state index contributed by atoms with van der Waals surface area (Å²) in [6, 6.07) is -1.20. The number of carboxylic acid groups (broad SMARTS) is 1. The van der Waals surface area contributed by atoms with Crippen LogP contribution in [0, 0.1) is 0 Å². The number of carbonyl (C=O) groups is 2. The van der Waals surface area contributed by atoms with E-state index in [0.717, 1.165) is 5.13 Å². The van der Waals surface area contributed by atoms with E-state index in [1.807, 2.05) is 5.38 Å². The first-order valence-corrected chi connectivity index (χ1v) is 6.88. The van der Waals surface area contributed by atoms with E-state index >= 15 is 0 Å². The summed E-state index contributed by atoms with van der Waals surface area (Å²) in [4.78, 5) is 30.5. The molecule has 7 nitrogen and oxygen atoms in total. The maximum atomic E-state index is 11.8. The highest BCUT2D eigenvalue weighted by Gasteiger charge is 2.24. The third-order valence-corrected chi connectivity index (χ3v) is 3.80. The summed E-state index contributed by atoms with van der Waals surface area (Å²) in [5.41, 5.74) is 0. The highest BCUT2D eigenvalue weighted by molar-refractivity contribution is 7.13. The lowest BCUT2D eigenvalue weighted by molar-refractivity contribution is -0.138. The van der Waals surface area contributed by atoms with E-state index in [2.05, 4.69) is 15.2 Å². The molecule has 0 aliphatic carbocycles. The molecule has 8 heteroatoms. The number of anilines is 1. The number of aromatic nitrogens is 1. The molecule has 1 aliphatic rings. The summed E-state index contributed by atoms with van der Waals surface area (Å²) in [5, 5.41) is 14.1. The van der Waals surface area contributed by atoms with Crippen molar-refractivity contribution in [3.8, 4) is 0 Å². The van der Waals surface area contributed by atoms with Gasteiger partial charge in [0.05, 0.1) is 0 Å². The topological polar surface area (TPSA) is 85.8 Å². The number of hydrogen-bond acceptors (Lipinski definition) is 5. The first-order valence-electron chi connectivity index (χ1n) is 6.00. The SMILES string of the molecule is C[C@H](NC(=O)N1CCN(c2nccs2)CC1)C(=O)O. The number of piperazine rings is 1. The minimum atomic E-state index is -1.03. The molecular formula is C11H16N4O3S. The van der Waals surface area contributed by atoms with Crippen LogP contribution < -0.4 is 10.2 Å². The normalized spacial score (nSPS) is 17.1. The van der Waals surface area contributed by atoms with Crippen molar-refractivity contribution >= 4 is 28.5 Å². The molecule has 1 saturated heterocycles. The highest BCUT2D eigenvalue weighted by atomic mass is 32.1. The molecule has 2 rings (SSSR count). The number of carbonyl (C=O) groups excluding carboxylic acids is 1.